The summed E-state index contributed by atoms with van der Waals surface area (Å²) in [6, 6.07) is 1.83. The van der Waals surface area contributed by atoms with Crippen LogP contribution in [0.3, 0.4) is 0 Å². The van der Waals surface area contributed by atoms with E-state index in [1.54, 1.807) is 35.7 Å². The van der Waals surface area contributed by atoms with Crippen molar-refractivity contribution in [2.75, 3.05) is 0 Å². The van der Waals surface area contributed by atoms with E-state index in [0.29, 0.717) is 22.9 Å². The van der Waals surface area contributed by atoms with Gasteiger partial charge in [-0.2, -0.15) is 5.10 Å². The molecule has 0 fully saturated rings. The molecule has 7 heteroatoms. The zero-order chi connectivity index (χ0) is 14.1. The van der Waals surface area contributed by atoms with Crippen LogP contribution < -0.4 is 0 Å². The highest BCUT2D eigenvalue weighted by atomic mass is 16.3. The molecule has 4 rings (SSSR count). The molecule has 0 aromatic carbocycles. The number of aromatic nitrogens is 5. The molecule has 21 heavy (non-hydrogen) atoms. The normalized spacial score (nSPS) is 10.9. The molecule has 0 aliphatic carbocycles. The van der Waals surface area contributed by atoms with Crippen LogP contribution in [0.15, 0.2) is 64.6 Å². The summed E-state index contributed by atoms with van der Waals surface area (Å²) in [5, 5.41) is 4.28. The van der Waals surface area contributed by atoms with Gasteiger partial charge >= 0.3 is 0 Å². The lowest BCUT2D eigenvalue weighted by Gasteiger charge is -2.10. The van der Waals surface area contributed by atoms with Gasteiger partial charge in [-0.3, -0.25) is 4.98 Å². The largest absolute Gasteiger partial charge is 0.444 e. The van der Waals surface area contributed by atoms with E-state index in [1.807, 2.05) is 12.3 Å². The molecule has 4 aromatic heterocycles. The van der Waals surface area contributed by atoms with Crippen molar-refractivity contribution in [1.82, 2.24) is 24.7 Å². The van der Waals surface area contributed by atoms with E-state index in [1.165, 1.54) is 12.5 Å². The van der Waals surface area contributed by atoms with Crippen LogP contribution in [0, 0.1) is 0 Å². The van der Waals surface area contributed by atoms with Crippen LogP contribution in [-0.2, 0) is 0 Å². The van der Waals surface area contributed by atoms with Gasteiger partial charge in [0.2, 0.25) is 11.8 Å². The van der Waals surface area contributed by atoms with Gasteiger partial charge in [0.25, 0.3) is 0 Å². The van der Waals surface area contributed by atoms with Gasteiger partial charge in [0.05, 0.1) is 29.2 Å². The SMILES string of the molecule is c1cnn(-c2c(-c3ncco3)cncc2-c2ncco2)c1. The Kier molecular flexibility index (Phi) is 2.60. The number of hydrogen-bond donors (Lipinski definition) is 0. The Hall–Kier alpha value is -3.22. The van der Waals surface area contributed by atoms with Crippen molar-refractivity contribution < 1.29 is 8.83 Å². The van der Waals surface area contributed by atoms with Crippen LogP contribution >= 0.6 is 0 Å². The first kappa shape index (κ1) is 11.6. The fourth-order valence-electron chi connectivity index (χ4n) is 2.13. The van der Waals surface area contributed by atoms with Gasteiger partial charge < -0.3 is 8.83 Å². The minimum Gasteiger partial charge on any atom is -0.444 e. The molecule has 4 heterocycles. The van der Waals surface area contributed by atoms with Gasteiger partial charge in [0.1, 0.15) is 12.5 Å². The Morgan fingerprint density at radius 2 is 1.52 bits per heavy atom. The van der Waals surface area contributed by atoms with Crippen molar-refractivity contribution in [2.45, 2.75) is 0 Å². The molecular weight excluding hydrogens is 270 g/mol. The fraction of sp³-hybridized carbons (Fsp3) is 0. The van der Waals surface area contributed by atoms with Crippen molar-refractivity contribution in [3.05, 3.63) is 55.8 Å². The highest BCUT2D eigenvalue weighted by molar-refractivity contribution is 5.78. The van der Waals surface area contributed by atoms with Crippen LogP contribution in [0.5, 0.6) is 0 Å². The topological polar surface area (TPSA) is 82.8 Å². The van der Waals surface area contributed by atoms with Crippen molar-refractivity contribution in [1.29, 1.82) is 0 Å². The minimum atomic E-state index is 0.460. The van der Waals surface area contributed by atoms with Crippen molar-refractivity contribution in [3.8, 4) is 28.6 Å². The fourth-order valence-corrected chi connectivity index (χ4v) is 2.13. The van der Waals surface area contributed by atoms with E-state index in [2.05, 4.69) is 20.1 Å². The van der Waals surface area contributed by atoms with Gasteiger partial charge in [0, 0.05) is 24.8 Å². The van der Waals surface area contributed by atoms with Gasteiger partial charge in [-0.1, -0.05) is 0 Å². The third-order valence-corrected chi connectivity index (χ3v) is 2.98. The zero-order valence-electron chi connectivity index (χ0n) is 10.7. The quantitative estimate of drug-likeness (QED) is 0.573. The molecule has 0 amide bonds. The van der Waals surface area contributed by atoms with Gasteiger partial charge in [-0.15, -0.1) is 0 Å². The number of rotatable bonds is 3. The Morgan fingerprint density at radius 3 is 2.00 bits per heavy atom. The minimum absolute atomic E-state index is 0.460. The molecule has 0 saturated heterocycles. The first-order chi connectivity index (χ1) is 10.4. The highest BCUT2D eigenvalue weighted by Crippen LogP contribution is 2.32. The second-order valence-electron chi connectivity index (χ2n) is 4.21. The second-order valence-corrected chi connectivity index (χ2v) is 4.21. The molecule has 0 unspecified atom stereocenters. The highest BCUT2D eigenvalue weighted by Gasteiger charge is 2.19. The Morgan fingerprint density at radius 1 is 0.857 bits per heavy atom. The molecule has 0 spiro atoms. The lowest BCUT2D eigenvalue weighted by molar-refractivity contribution is 0.570. The van der Waals surface area contributed by atoms with E-state index in [9.17, 15) is 0 Å². The molecule has 7 nitrogen and oxygen atoms in total. The second kappa shape index (κ2) is 4.71. The van der Waals surface area contributed by atoms with E-state index in [0.717, 1.165) is 5.69 Å². The summed E-state index contributed by atoms with van der Waals surface area (Å²) in [4.78, 5) is 12.6. The Bertz CT molecular complexity index is 783. The first-order valence-corrected chi connectivity index (χ1v) is 6.21. The zero-order valence-corrected chi connectivity index (χ0v) is 10.7. The molecule has 0 aliphatic heterocycles. The number of pyridine rings is 1. The Labute approximate surface area is 118 Å². The van der Waals surface area contributed by atoms with E-state index in [-0.39, 0.29) is 0 Å². The third kappa shape index (κ3) is 1.91. The number of hydrogen-bond acceptors (Lipinski definition) is 6. The molecular formula is C14H9N5O2. The molecule has 0 atom stereocenters. The molecule has 0 saturated carbocycles. The Balaban J connectivity index is 2.03. The summed E-state index contributed by atoms with van der Waals surface area (Å²) < 4.78 is 12.5. The third-order valence-electron chi connectivity index (χ3n) is 2.98. The lowest BCUT2D eigenvalue weighted by atomic mass is 10.1. The van der Waals surface area contributed by atoms with Crippen molar-refractivity contribution in [2.24, 2.45) is 0 Å². The van der Waals surface area contributed by atoms with Crippen LogP contribution in [0.25, 0.3) is 28.6 Å². The number of nitrogens with zero attached hydrogens (tertiary/aromatic N) is 5. The maximum atomic E-state index is 5.39. The van der Waals surface area contributed by atoms with Crippen LogP contribution in [0.2, 0.25) is 0 Å². The maximum absolute atomic E-state index is 5.39. The first-order valence-electron chi connectivity index (χ1n) is 6.21. The summed E-state index contributed by atoms with van der Waals surface area (Å²) in [6.07, 6.45) is 13.1. The standard InChI is InChI=1S/C14H9N5O2/c1-2-18-19(5-1)12-10(13-16-3-6-20-13)8-15-9-11(12)14-17-4-7-21-14/h1-9H. The molecule has 102 valence electrons. The summed E-state index contributed by atoms with van der Waals surface area (Å²) in [7, 11) is 0. The number of oxazole rings is 2. The predicted molar refractivity (Wildman–Crippen MR) is 72.4 cm³/mol. The molecule has 4 aromatic rings. The molecule has 0 bridgehead atoms. The van der Waals surface area contributed by atoms with Crippen LogP contribution in [0.1, 0.15) is 0 Å². The summed E-state index contributed by atoms with van der Waals surface area (Å²) >= 11 is 0. The molecule has 0 N–H and O–H groups in total. The predicted octanol–water partition coefficient (Wildman–Crippen LogP) is 2.58. The van der Waals surface area contributed by atoms with E-state index < -0.39 is 0 Å². The summed E-state index contributed by atoms with van der Waals surface area (Å²) in [5.41, 5.74) is 2.17. The van der Waals surface area contributed by atoms with E-state index in [4.69, 9.17) is 8.83 Å². The summed E-state index contributed by atoms with van der Waals surface area (Å²) in [5.74, 6) is 0.919. The molecule has 0 radical (unpaired) electrons. The average Bonchev–Trinajstić information content (AvgIpc) is 3.28. The maximum Gasteiger partial charge on any atom is 0.229 e. The molecule has 0 aliphatic rings. The van der Waals surface area contributed by atoms with Gasteiger partial charge in [-0.25, -0.2) is 14.6 Å². The summed E-state index contributed by atoms with van der Waals surface area (Å²) in [6.45, 7) is 0. The average molecular weight is 279 g/mol. The van der Waals surface area contributed by atoms with Crippen molar-refractivity contribution >= 4 is 0 Å². The van der Waals surface area contributed by atoms with Crippen LogP contribution in [-0.4, -0.2) is 24.7 Å². The smallest absolute Gasteiger partial charge is 0.229 e. The van der Waals surface area contributed by atoms with Gasteiger partial charge in [-0.05, 0) is 6.07 Å². The van der Waals surface area contributed by atoms with Crippen LogP contribution in [0.4, 0.5) is 0 Å². The van der Waals surface area contributed by atoms with Crippen molar-refractivity contribution in [3.63, 3.8) is 0 Å². The lowest BCUT2D eigenvalue weighted by Crippen LogP contribution is -2.02. The monoisotopic (exact) mass is 279 g/mol. The van der Waals surface area contributed by atoms with E-state index >= 15 is 0 Å². The van der Waals surface area contributed by atoms with Gasteiger partial charge in [0.15, 0.2) is 0 Å².